The molecule has 1 atom stereocenters. The normalized spacial score (nSPS) is 11.8. The molecule has 18 heavy (non-hydrogen) atoms. The number of hydrogen-bond donors (Lipinski definition) is 2. The number of nitrogens with two attached hydrogens (primary N) is 1. The van der Waals surface area contributed by atoms with Crippen LogP contribution < -0.4 is 15.8 Å². The summed E-state index contributed by atoms with van der Waals surface area (Å²) in [5, 5.41) is 1.76. The van der Waals surface area contributed by atoms with Gasteiger partial charge in [-0.2, -0.15) is 4.39 Å². The van der Waals surface area contributed by atoms with Crippen LogP contribution in [0.5, 0.6) is 5.75 Å². The number of ether oxygens (including phenoxy) is 1. The van der Waals surface area contributed by atoms with Crippen molar-refractivity contribution in [2.45, 2.75) is 13.0 Å². The van der Waals surface area contributed by atoms with Gasteiger partial charge in [0.05, 0.1) is 0 Å². The van der Waals surface area contributed by atoms with Crippen LogP contribution in [-0.4, -0.2) is 18.0 Å². The van der Waals surface area contributed by atoms with Gasteiger partial charge in [-0.05, 0) is 19.1 Å². The van der Waals surface area contributed by atoms with E-state index >= 15 is 0 Å². The number of carbonyl (C=O) groups is 2. The van der Waals surface area contributed by atoms with E-state index in [0.29, 0.717) is 0 Å². The van der Waals surface area contributed by atoms with Gasteiger partial charge in [0.25, 0.3) is 5.91 Å². The van der Waals surface area contributed by atoms with Gasteiger partial charge in [0.15, 0.2) is 17.7 Å². The average molecular weight is 323 g/mol. The maximum absolute atomic E-state index is 13.3. The maximum atomic E-state index is 13.3. The summed E-state index contributed by atoms with van der Waals surface area (Å²) in [6, 6.07) is 1.01. The molecule has 0 saturated heterocycles. The number of benzene rings is 1. The van der Waals surface area contributed by atoms with Gasteiger partial charge in [-0.15, -0.1) is 0 Å². The first-order chi connectivity index (χ1) is 8.31. The van der Waals surface area contributed by atoms with Crippen molar-refractivity contribution >= 4 is 27.9 Å². The highest BCUT2D eigenvalue weighted by atomic mass is 79.9. The molecule has 0 aliphatic carbocycles. The Labute approximate surface area is 109 Å². The Morgan fingerprint density at radius 1 is 1.44 bits per heavy atom. The van der Waals surface area contributed by atoms with Crippen molar-refractivity contribution in [2.24, 2.45) is 5.73 Å². The molecule has 3 amide bonds. The Morgan fingerprint density at radius 3 is 2.61 bits per heavy atom. The molecule has 0 aromatic heterocycles. The van der Waals surface area contributed by atoms with E-state index in [1.807, 2.05) is 0 Å². The third-order valence-corrected chi connectivity index (χ3v) is 2.34. The Hall–Kier alpha value is -1.70. The average Bonchev–Trinajstić information content (AvgIpc) is 2.24. The molecule has 0 saturated carbocycles. The molecule has 0 spiro atoms. The monoisotopic (exact) mass is 322 g/mol. The van der Waals surface area contributed by atoms with Crippen LogP contribution in [0.25, 0.3) is 0 Å². The van der Waals surface area contributed by atoms with Crippen molar-refractivity contribution in [3.8, 4) is 5.75 Å². The van der Waals surface area contributed by atoms with Gasteiger partial charge in [0, 0.05) is 4.47 Å². The lowest BCUT2D eigenvalue weighted by Crippen LogP contribution is -2.42. The molecule has 0 aliphatic rings. The zero-order valence-corrected chi connectivity index (χ0v) is 10.8. The summed E-state index contributed by atoms with van der Waals surface area (Å²) >= 11 is 2.95. The summed E-state index contributed by atoms with van der Waals surface area (Å²) < 4.78 is 31.5. The maximum Gasteiger partial charge on any atom is 0.318 e. The number of imide groups is 1. The molecular formula is C10H9BrF2N2O3. The number of amides is 3. The molecule has 1 unspecified atom stereocenters. The van der Waals surface area contributed by atoms with Gasteiger partial charge in [-0.3, -0.25) is 10.1 Å². The summed E-state index contributed by atoms with van der Waals surface area (Å²) in [5.74, 6) is -3.66. The first kappa shape index (κ1) is 14.4. The third kappa shape index (κ3) is 3.66. The van der Waals surface area contributed by atoms with Crippen molar-refractivity contribution < 1.29 is 23.1 Å². The smallest absolute Gasteiger partial charge is 0.318 e. The van der Waals surface area contributed by atoms with Gasteiger partial charge in [0.2, 0.25) is 5.82 Å². The van der Waals surface area contributed by atoms with Gasteiger partial charge in [-0.25, -0.2) is 9.18 Å². The van der Waals surface area contributed by atoms with Crippen molar-refractivity contribution in [3.05, 3.63) is 28.2 Å². The third-order valence-electron chi connectivity index (χ3n) is 1.88. The Kier molecular flexibility index (Phi) is 4.60. The summed E-state index contributed by atoms with van der Waals surface area (Å²) in [7, 11) is 0. The molecule has 1 aromatic carbocycles. The van der Waals surface area contributed by atoms with Gasteiger partial charge >= 0.3 is 6.03 Å². The number of primary amides is 1. The summed E-state index contributed by atoms with van der Waals surface area (Å²) in [4.78, 5) is 21.7. The van der Waals surface area contributed by atoms with Crippen molar-refractivity contribution in [1.29, 1.82) is 0 Å². The van der Waals surface area contributed by atoms with E-state index in [1.54, 1.807) is 5.32 Å². The van der Waals surface area contributed by atoms with Crippen LogP contribution >= 0.6 is 15.9 Å². The van der Waals surface area contributed by atoms with Crippen LogP contribution in [0.1, 0.15) is 6.92 Å². The molecule has 98 valence electrons. The SMILES string of the molecule is CC(Oc1cc(Br)cc(F)c1F)C(=O)NC(N)=O. The van der Waals surface area contributed by atoms with Crippen molar-refractivity contribution in [3.63, 3.8) is 0 Å². The minimum Gasteiger partial charge on any atom is -0.478 e. The number of halogens is 3. The standard InChI is InChI=1S/C10H9BrF2N2O3/c1-4(9(16)15-10(14)17)18-7-3-5(11)2-6(12)8(7)13/h2-4H,1H3,(H3,14,15,16,17). The molecule has 1 aromatic rings. The van der Waals surface area contributed by atoms with Crippen LogP contribution in [0.15, 0.2) is 16.6 Å². The molecular weight excluding hydrogens is 314 g/mol. The Bertz CT molecular complexity index is 496. The van der Waals surface area contributed by atoms with Crippen LogP contribution in [0.4, 0.5) is 13.6 Å². The van der Waals surface area contributed by atoms with E-state index in [9.17, 15) is 18.4 Å². The fourth-order valence-corrected chi connectivity index (χ4v) is 1.49. The topological polar surface area (TPSA) is 81.4 Å². The molecule has 0 fully saturated rings. The van der Waals surface area contributed by atoms with E-state index < -0.39 is 35.4 Å². The van der Waals surface area contributed by atoms with E-state index in [4.69, 9.17) is 10.5 Å². The summed E-state index contributed by atoms with van der Waals surface area (Å²) in [6.45, 7) is 1.26. The van der Waals surface area contributed by atoms with Crippen LogP contribution in [0, 0.1) is 11.6 Å². The zero-order chi connectivity index (χ0) is 13.9. The van der Waals surface area contributed by atoms with Crippen molar-refractivity contribution in [2.75, 3.05) is 0 Å². The second-order valence-electron chi connectivity index (χ2n) is 3.31. The van der Waals surface area contributed by atoms with Gasteiger partial charge in [-0.1, -0.05) is 15.9 Å². The molecule has 0 aliphatic heterocycles. The van der Waals surface area contributed by atoms with E-state index in [1.165, 1.54) is 6.92 Å². The zero-order valence-electron chi connectivity index (χ0n) is 9.17. The fraction of sp³-hybridized carbons (Fsp3) is 0.200. The predicted molar refractivity (Wildman–Crippen MR) is 61.9 cm³/mol. The lowest BCUT2D eigenvalue weighted by molar-refractivity contribution is -0.126. The van der Waals surface area contributed by atoms with Crippen LogP contribution in [-0.2, 0) is 4.79 Å². The highest BCUT2D eigenvalue weighted by Crippen LogP contribution is 2.26. The largest absolute Gasteiger partial charge is 0.478 e. The van der Waals surface area contributed by atoms with Gasteiger partial charge in [0.1, 0.15) is 0 Å². The highest BCUT2D eigenvalue weighted by molar-refractivity contribution is 9.10. The van der Waals surface area contributed by atoms with Crippen LogP contribution in [0.2, 0.25) is 0 Å². The minimum absolute atomic E-state index is 0.249. The number of urea groups is 1. The first-order valence-corrected chi connectivity index (χ1v) is 5.52. The predicted octanol–water partition coefficient (Wildman–Crippen LogP) is 1.69. The Morgan fingerprint density at radius 2 is 2.06 bits per heavy atom. The van der Waals surface area contributed by atoms with E-state index in [0.717, 1.165) is 12.1 Å². The number of hydrogen-bond acceptors (Lipinski definition) is 3. The number of rotatable bonds is 3. The first-order valence-electron chi connectivity index (χ1n) is 4.72. The summed E-state index contributed by atoms with van der Waals surface area (Å²) in [6.07, 6.45) is -1.21. The second kappa shape index (κ2) is 5.76. The van der Waals surface area contributed by atoms with Crippen LogP contribution in [0.3, 0.4) is 0 Å². The molecule has 5 nitrogen and oxygen atoms in total. The molecule has 1 rings (SSSR count). The molecule has 0 radical (unpaired) electrons. The fourth-order valence-electron chi connectivity index (χ4n) is 1.09. The molecule has 0 bridgehead atoms. The lowest BCUT2D eigenvalue weighted by Gasteiger charge is -2.14. The quantitative estimate of drug-likeness (QED) is 0.831. The van der Waals surface area contributed by atoms with Crippen molar-refractivity contribution in [1.82, 2.24) is 5.32 Å². The molecule has 0 heterocycles. The summed E-state index contributed by atoms with van der Waals surface area (Å²) in [5.41, 5.74) is 4.73. The minimum atomic E-state index is -1.23. The highest BCUT2D eigenvalue weighted by Gasteiger charge is 2.19. The van der Waals surface area contributed by atoms with E-state index in [2.05, 4.69) is 15.9 Å². The Balaban J connectivity index is 2.85. The number of nitrogens with one attached hydrogen (secondary N) is 1. The second-order valence-corrected chi connectivity index (χ2v) is 4.23. The molecule has 8 heteroatoms. The van der Waals surface area contributed by atoms with E-state index in [-0.39, 0.29) is 4.47 Å². The van der Waals surface area contributed by atoms with Gasteiger partial charge < -0.3 is 10.5 Å². The number of carbonyl (C=O) groups excluding carboxylic acids is 2. The lowest BCUT2D eigenvalue weighted by atomic mass is 10.3. The molecule has 3 N–H and O–H groups in total.